The van der Waals surface area contributed by atoms with E-state index in [4.69, 9.17) is 5.73 Å². The summed E-state index contributed by atoms with van der Waals surface area (Å²) in [7, 11) is 0. The van der Waals surface area contributed by atoms with Crippen LogP contribution >= 0.6 is 0 Å². The summed E-state index contributed by atoms with van der Waals surface area (Å²) in [5, 5.41) is 0. The van der Waals surface area contributed by atoms with Gasteiger partial charge in [-0.2, -0.15) is 0 Å². The summed E-state index contributed by atoms with van der Waals surface area (Å²) in [5.74, 6) is 0.681. The first-order valence-electron chi connectivity index (χ1n) is 7.93. The lowest BCUT2D eigenvalue weighted by Gasteiger charge is -2.37. The normalized spacial score (nSPS) is 24.9. The average molecular weight is 274 g/mol. The fourth-order valence-electron chi connectivity index (χ4n) is 3.02. The van der Waals surface area contributed by atoms with Gasteiger partial charge < -0.3 is 5.73 Å². The van der Waals surface area contributed by atoms with Gasteiger partial charge in [-0.15, -0.1) is 0 Å². The molecule has 0 saturated carbocycles. The molecule has 2 N–H and O–H groups in total. The van der Waals surface area contributed by atoms with E-state index in [0.717, 1.165) is 19.6 Å². The third-order valence-corrected chi connectivity index (χ3v) is 4.65. The van der Waals surface area contributed by atoms with Crippen LogP contribution in [0.4, 0.5) is 0 Å². The molecule has 0 aliphatic carbocycles. The fourth-order valence-corrected chi connectivity index (χ4v) is 3.02. The molecule has 1 aliphatic heterocycles. The minimum atomic E-state index is 0.238. The van der Waals surface area contributed by atoms with Crippen molar-refractivity contribution in [3.8, 4) is 0 Å². The van der Waals surface area contributed by atoms with Crippen LogP contribution < -0.4 is 5.73 Å². The highest BCUT2D eigenvalue weighted by Gasteiger charge is 2.24. The minimum absolute atomic E-state index is 0.238. The second kappa shape index (κ2) is 6.28. The van der Waals surface area contributed by atoms with Gasteiger partial charge in [0.2, 0.25) is 0 Å². The van der Waals surface area contributed by atoms with Crippen molar-refractivity contribution in [2.75, 3.05) is 13.1 Å². The first kappa shape index (κ1) is 15.5. The maximum Gasteiger partial charge on any atom is 0.0236 e. The van der Waals surface area contributed by atoms with Gasteiger partial charge in [-0.3, -0.25) is 4.90 Å². The van der Waals surface area contributed by atoms with Crippen molar-refractivity contribution < 1.29 is 0 Å². The highest BCUT2D eigenvalue weighted by Crippen LogP contribution is 2.25. The van der Waals surface area contributed by atoms with E-state index in [1.807, 2.05) is 0 Å². The Bertz CT molecular complexity index is 416. The predicted octanol–water partition coefficient (Wildman–Crippen LogP) is 3.54. The lowest BCUT2D eigenvalue weighted by Crippen LogP contribution is -2.43. The third kappa shape index (κ3) is 3.83. The van der Waals surface area contributed by atoms with Gasteiger partial charge in [0.05, 0.1) is 0 Å². The first-order valence-corrected chi connectivity index (χ1v) is 7.93. The molecule has 2 atom stereocenters. The van der Waals surface area contributed by atoms with Crippen molar-refractivity contribution in [3.05, 3.63) is 35.4 Å². The van der Waals surface area contributed by atoms with Crippen LogP contribution in [0.5, 0.6) is 0 Å². The van der Waals surface area contributed by atoms with Crippen LogP contribution in [0.15, 0.2) is 24.3 Å². The molecule has 20 heavy (non-hydrogen) atoms. The van der Waals surface area contributed by atoms with E-state index in [0.29, 0.717) is 12.0 Å². The topological polar surface area (TPSA) is 29.3 Å². The molecule has 0 spiro atoms. The molecule has 1 aliphatic rings. The van der Waals surface area contributed by atoms with E-state index in [1.54, 1.807) is 0 Å². The van der Waals surface area contributed by atoms with E-state index >= 15 is 0 Å². The SMILES string of the molecule is CC1CCC(CN)CN1Cc1ccc(C(C)(C)C)cc1. The number of likely N-dealkylation sites (tertiary alicyclic amines) is 1. The van der Waals surface area contributed by atoms with Crippen molar-refractivity contribution >= 4 is 0 Å². The molecule has 1 aromatic carbocycles. The van der Waals surface area contributed by atoms with Crippen molar-refractivity contribution in [2.45, 2.75) is 58.5 Å². The summed E-state index contributed by atoms with van der Waals surface area (Å²) >= 11 is 0. The van der Waals surface area contributed by atoms with Crippen LogP contribution in [0, 0.1) is 5.92 Å². The van der Waals surface area contributed by atoms with Crippen molar-refractivity contribution in [2.24, 2.45) is 11.7 Å². The lowest BCUT2D eigenvalue weighted by molar-refractivity contribution is 0.113. The lowest BCUT2D eigenvalue weighted by atomic mass is 9.86. The fraction of sp³-hybridized carbons (Fsp3) is 0.667. The molecular weight excluding hydrogens is 244 g/mol. The molecule has 1 fully saturated rings. The predicted molar refractivity (Wildman–Crippen MR) is 86.8 cm³/mol. The van der Waals surface area contributed by atoms with Gasteiger partial charge in [0, 0.05) is 19.1 Å². The zero-order valence-corrected chi connectivity index (χ0v) is 13.5. The molecule has 112 valence electrons. The maximum absolute atomic E-state index is 5.85. The largest absolute Gasteiger partial charge is 0.330 e. The van der Waals surface area contributed by atoms with E-state index < -0.39 is 0 Å². The van der Waals surface area contributed by atoms with Crippen LogP contribution in [0.1, 0.15) is 51.7 Å². The smallest absolute Gasteiger partial charge is 0.0236 e. The average Bonchev–Trinajstić information content (AvgIpc) is 2.41. The third-order valence-electron chi connectivity index (χ3n) is 4.65. The molecule has 0 aromatic heterocycles. The Labute approximate surface area is 124 Å². The molecule has 1 heterocycles. The molecule has 0 radical (unpaired) electrons. The van der Waals surface area contributed by atoms with Gasteiger partial charge >= 0.3 is 0 Å². The monoisotopic (exact) mass is 274 g/mol. The molecular formula is C18H30N2. The summed E-state index contributed by atoms with van der Waals surface area (Å²) in [6.45, 7) is 12.2. The van der Waals surface area contributed by atoms with Crippen LogP contribution in [-0.4, -0.2) is 24.0 Å². The first-order chi connectivity index (χ1) is 9.40. The molecule has 1 aromatic rings. The molecule has 2 unspecified atom stereocenters. The van der Waals surface area contributed by atoms with E-state index in [1.165, 1.54) is 24.0 Å². The van der Waals surface area contributed by atoms with Gasteiger partial charge in [-0.25, -0.2) is 0 Å². The molecule has 0 bridgehead atoms. The van der Waals surface area contributed by atoms with Crippen LogP contribution in [0.3, 0.4) is 0 Å². The Hall–Kier alpha value is -0.860. The minimum Gasteiger partial charge on any atom is -0.330 e. The van der Waals surface area contributed by atoms with Gasteiger partial charge in [-0.1, -0.05) is 45.0 Å². The van der Waals surface area contributed by atoms with Crippen molar-refractivity contribution in [1.82, 2.24) is 4.90 Å². The summed E-state index contributed by atoms with van der Waals surface area (Å²) in [4.78, 5) is 2.59. The van der Waals surface area contributed by atoms with Crippen LogP contribution in [0.2, 0.25) is 0 Å². The standard InChI is InChI=1S/C18H30N2/c1-14-5-6-16(11-19)13-20(14)12-15-7-9-17(10-8-15)18(2,3)4/h7-10,14,16H,5-6,11-13,19H2,1-4H3. The second-order valence-electron chi connectivity index (χ2n) is 7.40. The quantitative estimate of drug-likeness (QED) is 0.913. The molecule has 2 heteroatoms. The van der Waals surface area contributed by atoms with E-state index in [-0.39, 0.29) is 5.41 Å². The number of hydrogen-bond acceptors (Lipinski definition) is 2. The number of nitrogens with zero attached hydrogens (tertiary/aromatic N) is 1. The second-order valence-corrected chi connectivity index (χ2v) is 7.40. The summed E-state index contributed by atoms with van der Waals surface area (Å²) in [6.07, 6.45) is 2.57. The van der Waals surface area contributed by atoms with Gasteiger partial charge in [0.1, 0.15) is 0 Å². The van der Waals surface area contributed by atoms with Gasteiger partial charge in [0.15, 0.2) is 0 Å². The van der Waals surface area contributed by atoms with Gasteiger partial charge in [0.25, 0.3) is 0 Å². The Morgan fingerprint density at radius 1 is 1.15 bits per heavy atom. The Morgan fingerprint density at radius 3 is 2.35 bits per heavy atom. The van der Waals surface area contributed by atoms with Gasteiger partial charge in [-0.05, 0) is 48.8 Å². The molecule has 1 saturated heterocycles. The summed E-state index contributed by atoms with van der Waals surface area (Å²) in [6, 6.07) is 9.83. The number of rotatable bonds is 3. The van der Waals surface area contributed by atoms with Crippen LogP contribution in [-0.2, 0) is 12.0 Å². The Kier molecular flexibility index (Phi) is 4.87. The zero-order valence-electron chi connectivity index (χ0n) is 13.5. The molecule has 2 nitrogen and oxygen atoms in total. The zero-order chi connectivity index (χ0) is 14.8. The molecule has 0 amide bonds. The summed E-state index contributed by atoms with van der Waals surface area (Å²) < 4.78 is 0. The van der Waals surface area contributed by atoms with E-state index in [2.05, 4.69) is 56.9 Å². The Balaban J connectivity index is 2.02. The summed E-state index contributed by atoms with van der Waals surface area (Å²) in [5.41, 5.74) is 8.91. The number of nitrogens with two attached hydrogens (primary N) is 1. The number of hydrogen-bond donors (Lipinski definition) is 1. The van der Waals surface area contributed by atoms with Crippen molar-refractivity contribution in [1.29, 1.82) is 0 Å². The Morgan fingerprint density at radius 2 is 1.80 bits per heavy atom. The van der Waals surface area contributed by atoms with Crippen LogP contribution in [0.25, 0.3) is 0 Å². The highest BCUT2D eigenvalue weighted by atomic mass is 15.2. The van der Waals surface area contributed by atoms with Crippen molar-refractivity contribution in [3.63, 3.8) is 0 Å². The highest BCUT2D eigenvalue weighted by molar-refractivity contribution is 5.27. The number of piperidine rings is 1. The molecule has 2 rings (SSSR count). The van der Waals surface area contributed by atoms with E-state index in [9.17, 15) is 0 Å². The maximum atomic E-state index is 5.85. The number of benzene rings is 1.